The lowest BCUT2D eigenvalue weighted by Gasteiger charge is -2.16. The van der Waals surface area contributed by atoms with Crippen molar-refractivity contribution in [3.8, 4) is 0 Å². The van der Waals surface area contributed by atoms with Crippen molar-refractivity contribution < 1.29 is 7.85 Å². The predicted octanol–water partition coefficient (Wildman–Crippen LogP) is -0.269. The highest BCUT2D eigenvalue weighted by molar-refractivity contribution is 4.65. The highest BCUT2D eigenvalue weighted by atomic mass is 16.3. The molecule has 1 saturated heterocycles. The van der Waals surface area contributed by atoms with Crippen molar-refractivity contribution in [2.75, 3.05) is 13.1 Å². The van der Waals surface area contributed by atoms with Gasteiger partial charge in [-0.25, -0.2) is 0 Å². The largest absolute Gasteiger partial charge is 0.392 e. The summed E-state index contributed by atoms with van der Waals surface area (Å²) in [7, 11) is 0. The average molecular weight is 103 g/mol. The number of hydrogen-bond acceptors (Lipinski definition) is 2. The number of hydrogen-bond donors (Lipinski definition) is 2. The third-order valence-electron chi connectivity index (χ3n) is 0.985. The monoisotopic (exact) mass is 103 g/mol. The van der Waals surface area contributed by atoms with E-state index in [1.54, 1.807) is 0 Å². The average Bonchev–Trinajstić information content (AvgIpc) is 1.83. The second-order valence-corrected chi connectivity index (χ2v) is 1.64. The molecule has 2 nitrogen and oxygen atoms in total. The van der Waals surface area contributed by atoms with Crippen molar-refractivity contribution in [3.05, 3.63) is 0 Å². The van der Waals surface area contributed by atoms with Gasteiger partial charge in [-0.2, -0.15) is 0 Å². The fourth-order valence-electron chi connectivity index (χ4n) is 0.610. The second kappa shape index (κ2) is 2.28. The van der Waals surface area contributed by atoms with E-state index in [0.29, 0.717) is 13.0 Å². The van der Waals surface area contributed by atoms with Crippen LogP contribution in [0.1, 0.15) is 15.6 Å². The lowest BCUT2D eigenvalue weighted by atomic mass is 10.1. The Morgan fingerprint density at radius 3 is 3.29 bits per heavy atom. The summed E-state index contributed by atoms with van der Waals surface area (Å²) >= 11 is 0. The SMILES string of the molecule is [2H]C1CCNC([2H])C1O. The van der Waals surface area contributed by atoms with Crippen LogP contribution >= 0.6 is 0 Å². The Balaban J connectivity index is 2.41. The number of aliphatic hydroxyl groups is 1. The van der Waals surface area contributed by atoms with Crippen molar-refractivity contribution in [3.63, 3.8) is 0 Å². The zero-order valence-corrected chi connectivity index (χ0v) is 4.09. The summed E-state index contributed by atoms with van der Waals surface area (Å²) in [6.07, 6.45) is -0.621. The van der Waals surface area contributed by atoms with Gasteiger partial charge in [0, 0.05) is 9.26 Å². The van der Waals surface area contributed by atoms with Crippen molar-refractivity contribution in [2.24, 2.45) is 0 Å². The number of piperidine rings is 1. The lowest BCUT2D eigenvalue weighted by molar-refractivity contribution is 0.142. The molecular weight excluding hydrogens is 90.1 g/mol. The van der Waals surface area contributed by atoms with E-state index < -0.39 is 19.0 Å². The van der Waals surface area contributed by atoms with Gasteiger partial charge in [0.05, 0.1) is 6.10 Å². The van der Waals surface area contributed by atoms with Gasteiger partial charge < -0.3 is 10.4 Å². The molecule has 0 saturated carbocycles. The molecule has 1 aliphatic rings. The molecule has 0 aromatic heterocycles. The maximum absolute atomic E-state index is 9.01. The predicted molar refractivity (Wildman–Crippen MR) is 28.1 cm³/mol. The zero-order valence-electron chi connectivity index (χ0n) is 6.09. The second-order valence-electron chi connectivity index (χ2n) is 1.64. The molecule has 0 amide bonds. The number of rotatable bonds is 0. The lowest BCUT2D eigenvalue weighted by Crippen LogP contribution is -2.33. The Labute approximate surface area is 46.3 Å². The first-order chi connectivity index (χ1) is 4.22. The molecule has 0 aromatic carbocycles. The van der Waals surface area contributed by atoms with Crippen LogP contribution in [0.4, 0.5) is 0 Å². The van der Waals surface area contributed by atoms with Gasteiger partial charge in [-0.1, -0.05) is 0 Å². The Morgan fingerprint density at radius 1 is 1.86 bits per heavy atom. The number of aliphatic hydroxyl groups excluding tert-OH is 1. The third-order valence-corrected chi connectivity index (χ3v) is 0.985. The third kappa shape index (κ3) is 1.45. The highest BCUT2D eigenvalue weighted by Gasteiger charge is 2.06. The van der Waals surface area contributed by atoms with E-state index in [1.807, 2.05) is 0 Å². The van der Waals surface area contributed by atoms with Crippen LogP contribution < -0.4 is 5.32 Å². The van der Waals surface area contributed by atoms with Crippen LogP contribution in [0.5, 0.6) is 0 Å². The maximum Gasteiger partial charge on any atom is 0.0665 e. The van der Waals surface area contributed by atoms with E-state index in [1.165, 1.54) is 0 Å². The number of nitrogens with one attached hydrogen (secondary N) is 1. The molecule has 3 unspecified atom stereocenters. The van der Waals surface area contributed by atoms with Crippen LogP contribution in [0.15, 0.2) is 0 Å². The van der Waals surface area contributed by atoms with Gasteiger partial charge in [0.25, 0.3) is 0 Å². The minimum Gasteiger partial charge on any atom is -0.392 e. The topological polar surface area (TPSA) is 32.3 Å². The van der Waals surface area contributed by atoms with Crippen LogP contribution in [0.3, 0.4) is 0 Å². The van der Waals surface area contributed by atoms with Crippen LogP contribution in [-0.4, -0.2) is 24.3 Å². The van der Waals surface area contributed by atoms with Crippen LogP contribution in [-0.2, 0) is 0 Å². The molecule has 0 radical (unpaired) electrons. The van der Waals surface area contributed by atoms with E-state index >= 15 is 0 Å². The number of β-amino-alcohol motifs (C(OH)–C–C–N with tert-alkyl or cyclic N) is 1. The molecule has 1 heterocycles. The minimum absolute atomic E-state index is 0.464. The fraction of sp³-hybridized carbons (Fsp3) is 1.00. The first-order valence-electron chi connectivity index (χ1n) is 3.63. The van der Waals surface area contributed by atoms with Gasteiger partial charge in [0.15, 0.2) is 0 Å². The smallest absolute Gasteiger partial charge is 0.0665 e. The first kappa shape index (κ1) is 3.05. The Hall–Kier alpha value is -0.0800. The molecule has 2 heteroatoms. The van der Waals surface area contributed by atoms with Gasteiger partial charge in [0.1, 0.15) is 0 Å². The summed E-state index contributed by atoms with van der Waals surface area (Å²) < 4.78 is 14.3. The highest BCUT2D eigenvalue weighted by Crippen LogP contribution is 1.98. The maximum atomic E-state index is 9.01. The van der Waals surface area contributed by atoms with E-state index in [9.17, 15) is 0 Å². The Kier molecular flexibility index (Phi) is 0.995. The van der Waals surface area contributed by atoms with E-state index in [0.717, 1.165) is 0 Å². The molecule has 3 atom stereocenters. The Morgan fingerprint density at radius 2 is 2.71 bits per heavy atom. The molecule has 7 heavy (non-hydrogen) atoms. The molecule has 2 N–H and O–H groups in total. The summed E-state index contributed by atoms with van der Waals surface area (Å²) in [5, 5.41) is 11.8. The summed E-state index contributed by atoms with van der Waals surface area (Å²) in [5.41, 5.74) is 0. The van der Waals surface area contributed by atoms with E-state index in [-0.39, 0.29) is 0 Å². The van der Waals surface area contributed by atoms with E-state index in [2.05, 4.69) is 5.32 Å². The molecule has 0 spiro atoms. The molecule has 0 bridgehead atoms. The van der Waals surface area contributed by atoms with Gasteiger partial charge in [0.2, 0.25) is 0 Å². The van der Waals surface area contributed by atoms with Crippen LogP contribution in [0.25, 0.3) is 0 Å². The molecule has 0 aliphatic carbocycles. The Bertz CT molecular complexity index is 91.0. The van der Waals surface area contributed by atoms with Crippen molar-refractivity contribution in [1.82, 2.24) is 5.32 Å². The van der Waals surface area contributed by atoms with Gasteiger partial charge >= 0.3 is 0 Å². The molecule has 1 rings (SSSR count). The fourth-order valence-corrected chi connectivity index (χ4v) is 0.610. The zero-order chi connectivity index (χ0) is 6.85. The first-order valence-corrected chi connectivity index (χ1v) is 2.48. The van der Waals surface area contributed by atoms with Gasteiger partial charge in [-0.15, -0.1) is 0 Å². The van der Waals surface area contributed by atoms with Crippen molar-refractivity contribution in [1.29, 1.82) is 0 Å². The summed E-state index contributed by atoms with van der Waals surface area (Å²) in [6.45, 7) is 0.0283. The standard InChI is InChI=1S/C5H11NO/c7-5-2-1-3-6-4-5/h5-7H,1-4H2/i2D,4D. The normalized spacial score (nSPS) is 58.1. The van der Waals surface area contributed by atoms with E-state index in [4.69, 9.17) is 7.85 Å². The quantitative estimate of drug-likeness (QED) is 0.442. The van der Waals surface area contributed by atoms with Crippen LogP contribution in [0.2, 0.25) is 0 Å². The molecule has 1 aliphatic heterocycles. The molecule has 1 fully saturated rings. The molecular formula is C5H11NO. The molecule has 0 aromatic rings. The van der Waals surface area contributed by atoms with Crippen molar-refractivity contribution >= 4 is 0 Å². The van der Waals surface area contributed by atoms with Crippen LogP contribution in [0, 0.1) is 0 Å². The summed E-state index contributed by atoms with van der Waals surface area (Å²) in [4.78, 5) is 0. The molecule has 42 valence electrons. The minimum atomic E-state index is -0.807. The van der Waals surface area contributed by atoms with Gasteiger partial charge in [-0.3, -0.25) is 0 Å². The summed E-state index contributed by atoms with van der Waals surface area (Å²) in [5.74, 6) is 0. The van der Waals surface area contributed by atoms with Gasteiger partial charge in [-0.05, 0) is 19.4 Å². The summed E-state index contributed by atoms with van der Waals surface area (Å²) in [6, 6.07) is 0. The van der Waals surface area contributed by atoms with Crippen molar-refractivity contribution in [2.45, 2.75) is 18.9 Å².